The Balaban J connectivity index is 2.92. The molecule has 1 atom stereocenters. The second kappa shape index (κ2) is 6.65. The SMILES string of the molecule is CCCC(O)CNS(=O)(=O)c1cc(C)c(F)cc1Cl. The molecule has 7 heteroatoms. The van der Waals surface area contributed by atoms with Gasteiger partial charge in [0.15, 0.2) is 0 Å². The summed E-state index contributed by atoms with van der Waals surface area (Å²) in [5.41, 5.74) is 0.193. The quantitative estimate of drug-likeness (QED) is 0.847. The zero-order valence-electron chi connectivity index (χ0n) is 10.8. The average molecular weight is 310 g/mol. The number of aliphatic hydroxyl groups is 1. The van der Waals surface area contributed by atoms with Gasteiger partial charge in [-0.2, -0.15) is 0 Å². The minimum atomic E-state index is -3.85. The van der Waals surface area contributed by atoms with E-state index in [1.54, 1.807) is 0 Å². The van der Waals surface area contributed by atoms with E-state index in [0.29, 0.717) is 6.42 Å². The van der Waals surface area contributed by atoms with Crippen LogP contribution in [0.15, 0.2) is 17.0 Å². The fraction of sp³-hybridized carbons (Fsp3) is 0.500. The van der Waals surface area contributed by atoms with Crippen molar-refractivity contribution >= 4 is 21.6 Å². The van der Waals surface area contributed by atoms with Crippen LogP contribution in [0.25, 0.3) is 0 Å². The third kappa shape index (κ3) is 4.42. The summed E-state index contributed by atoms with van der Waals surface area (Å²) in [4.78, 5) is -0.184. The fourth-order valence-electron chi connectivity index (χ4n) is 1.56. The van der Waals surface area contributed by atoms with E-state index in [1.165, 1.54) is 13.0 Å². The Hall–Kier alpha value is -0.690. The van der Waals surface area contributed by atoms with Crippen molar-refractivity contribution in [2.24, 2.45) is 0 Å². The van der Waals surface area contributed by atoms with Crippen LogP contribution in [0.2, 0.25) is 5.02 Å². The first kappa shape index (κ1) is 16.4. The van der Waals surface area contributed by atoms with Crippen LogP contribution in [0.5, 0.6) is 0 Å². The molecule has 1 aromatic carbocycles. The van der Waals surface area contributed by atoms with Crippen LogP contribution in [0.4, 0.5) is 4.39 Å². The standard InChI is InChI=1S/C12H17ClFNO3S/c1-3-4-9(16)7-15-19(17,18)12-5-8(2)11(14)6-10(12)13/h5-6,9,15-16H,3-4,7H2,1-2H3. The van der Waals surface area contributed by atoms with Gasteiger partial charge in [-0.15, -0.1) is 0 Å². The summed E-state index contributed by atoms with van der Waals surface area (Å²) in [7, 11) is -3.85. The van der Waals surface area contributed by atoms with E-state index in [2.05, 4.69) is 4.72 Å². The zero-order valence-corrected chi connectivity index (χ0v) is 12.4. The maximum Gasteiger partial charge on any atom is 0.242 e. The van der Waals surface area contributed by atoms with Gasteiger partial charge in [0.05, 0.1) is 11.1 Å². The van der Waals surface area contributed by atoms with Crippen LogP contribution in [-0.4, -0.2) is 26.2 Å². The maximum absolute atomic E-state index is 13.2. The second-order valence-corrected chi connectivity index (χ2v) is 6.47. The van der Waals surface area contributed by atoms with Crippen LogP contribution < -0.4 is 4.72 Å². The van der Waals surface area contributed by atoms with E-state index in [1.807, 2.05) is 6.92 Å². The Morgan fingerprint density at radius 1 is 1.47 bits per heavy atom. The van der Waals surface area contributed by atoms with E-state index >= 15 is 0 Å². The molecule has 0 spiro atoms. The molecule has 1 rings (SSSR count). The number of hydrogen-bond acceptors (Lipinski definition) is 3. The van der Waals surface area contributed by atoms with Gasteiger partial charge in [-0.3, -0.25) is 0 Å². The van der Waals surface area contributed by atoms with Crippen LogP contribution in [-0.2, 0) is 10.0 Å². The Kier molecular flexibility index (Phi) is 5.73. The van der Waals surface area contributed by atoms with Gasteiger partial charge < -0.3 is 5.11 Å². The molecule has 2 N–H and O–H groups in total. The number of halogens is 2. The van der Waals surface area contributed by atoms with Crippen molar-refractivity contribution < 1.29 is 17.9 Å². The van der Waals surface area contributed by atoms with E-state index in [4.69, 9.17) is 11.6 Å². The molecule has 1 unspecified atom stereocenters. The van der Waals surface area contributed by atoms with Gasteiger partial charge in [0.2, 0.25) is 10.0 Å². The Labute approximate surface area is 117 Å². The molecule has 0 bridgehead atoms. The van der Waals surface area contributed by atoms with Crippen molar-refractivity contribution in [3.63, 3.8) is 0 Å². The lowest BCUT2D eigenvalue weighted by atomic mass is 10.2. The third-order valence-electron chi connectivity index (χ3n) is 2.63. The highest BCUT2D eigenvalue weighted by Crippen LogP contribution is 2.24. The van der Waals surface area contributed by atoms with E-state index in [0.717, 1.165) is 12.5 Å². The minimum absolute atomic E-state index is 0.0943. The first-order chi connectivity index (χ1) is 8.77. The predicted octanol–water partition coefficient (Wildman–Crippen LogP) is 2.23. The topological polar surface area (TPSA) is 66.4 Å². The van der Waals surface area contributed by atoms with Crippen LogP contribution in [0.1, 0.15) is 25.3 Å². The molecule has 0 amide bonds. The van der Waals surface area contributed by atoms with E-state index in [9.17, 15) is 17.9 Å². The predicted molar refractivity (Wildman–Crippen MR) is 72.3 cm³/mol. The third-order valence-corrected chi connectivity index (χ3v) is 4.52. The molecule has 0 aliphatic rings. The summed E-state index contributed by atoms with van der Waals surface area (Å²) < 4.78 is 39.5. The van der Waals surface area contributed by atoms with Crippen molar-refractivity contribution in [1.29, 1.82) is 0 Å². The van der Waals surface area contributed by atoms with Gasteiger partial charge in [0, 0.05) is 6.54 Å². The molecule has 4 nitrogen and oxygen atoms in total. The normalized spacial score (nSPS) is 13.5. The number of aryl methyl sites for hydroxylation is 1. The van der Waals surface area contributed by atoms with Crippen molar-refractivity contribution in [2.45, 2.75) is 37.7 Å². The molecule has 0 radical (unpaired) electrons. The van der Waals surface area contributed by atoms with Crippen molar-refractivity contribution in [3.05, 3.63) is 28.5 Å². The molecule has 0 heterocycles. The lowest BCUT2D eigenvalue weighted by Crippen LogP contribution is -2.32. The molecule has 108 valence electrons. The molecule has 19 heavy (non-hydrogen) atoms. The van der Waals surface area contributed by atoms with Crippen molar-refractivity contribution in [1.82, 2.24) is 4.72 Å². The zero-order chi connectivity index (χ0) is 14.6. The number of benzene rings is 1. The van der Waals surface area contributed by atoms with Crippen LogP contribution >= 0.6 is 11.6 Å². The number of hydrogen-bond donors (Lipinski definition) is 2. The number of rotatable bonds is 6. The highest BCUT2D eigenvalue weighted by molar-refractivity contribution is 7.89. The Morgan fingerprint density at radius 3 is 2.68 bits per heavy atom. The lowest BCUT2D eigenvalue weighted by Gasteiger charge is -2.12. The average Bonchev–Trinajstić information content (AvgIpc) is 2.31. The lowest BCUT2D eigenvalue weighted by molar-refractivity contribution is 0.167. The summed E-state index contributed by atoms with van der Waals surface area (Å²) in [6, 6.07) is 2.14. The first-order valence-corrected chi connectivity index (χ1v) is 7.77. The molecular weight excluding hydrogens is 293 g/mol. The summed E-state index contributed by atoms with van der Waals surface area (Å²) in [6.07, 6.45) is 0.498. The molecule has 0 aliphatic carbocycles. The van der Waals surface area contributed by atoms with Crippen molar-refractivity contribution in [3.8, 4) is 0 Å². The highest BCUT2D eigenvalue weighted by Gasteiger charge is 2.20. The van der Waals surface area contributed by atoms with Crippen LogP contribution in [0, 0.1) is 12.7 Å². The van der Waals surface area contributed by atoms with Gasteiger partial charge in [0.25, 0.3) is 0 Å². The molecule has 1 aromatic rings. The van der Waals surface area contributed by atoms with Crippen LogP contribution in [0.3, 0.4) is 0 Å². The minimum Gasteiger partial charge on any atom is -0.392 e. The summed E-state index contributed by atoms with van der Waals surface area (Å²) >= 11 is 5.74. The Morgan fingerprint density at radius 2 is 2.11 bits per heavy atom. The van der Waals surface area contributed by atoms with Crippen molar-refractivity contribution in [2.75, 3.05) is 6.54 Å². The molecule has 0 saturated carbocycles. The van der Waals surface area contributed by atoms with Gasteiger partial charge in [-0.25, -0.2) is 17.5 Å². The molecular formula is C12H17ClFNO3S. The highest BCUT2D eigenvalue weighted by atomic mass is 35.5. The van der Waals surface area contributed by atoms with Gasteiger partial charge in [-0.1, -0.05) is 24.9 Å². The van der Waals surface area contributed by atoms with E-state index < -0.39 is 21.9 Å². The summed E-state index contributed by atoms with van der Waals surface area (Å²) in [5, 5.41) is 9.33. The van der Waals surface area contributed by atoms with Gasteiger partial charge >= 0.3 is 0 Å². The van der Waals surface area contributed by atoms with Gasteiger partial charge in [-0.05, 0) is 31.0 Å². The van der Waals surface area contributed by atoms with Gasteiger partial charge in [0.1, 0.15) is 10.7 Å². The monoisotopic (exact) mass is 309 g/mol. The molecule has 0 saturated heterocycles. The molecule has 0 aliphatic heterocycles. The maximum atomic E-state index is 13.2. The summed E-state index contributed by atoms with van der Waals surface area (Å²) in [6.45, 7) is 3.25. The number of sulfonamides is 1. The van der Waals surface area contributed by atoms with E-state index in [-0.39, 0.29) is 22.0 Å². The summed E-state index contributed by atoms with van der Waals surface area (Å²) in [5.74, 6) is -0.560. The number of aliphatic hydroxyl groups excluding tert-OH is 1. The smallest absolute Gasteiger partial charge is 0.242 e. The largest absolute Gasteiger partial charge is 0.392 e. The molecule has 0 fully saturated rings. The second-order valence-electron chi connectivity index (χ2n) is 4.33. The Bertz CT molecular complexity index is 548. The first-order valence-electron chi connectivity index (χ1n) is 5.91. The fourth-order valence-corrected chi connectivity index (χ4v) is 3.23. The molecule has 0 aromatic heterocycles. The number of nitrogens with one attached hydrogen (secondary N) is 1.